The van der Waals surface area contributed by atoms with Crippen molar-refractivity contribution in [3.8, 4) is 0 Å². The average molecular weight is 403 g/mol. The first-order valence-electron chi connectivity index (χ1n) is 9.44. The first kappa shape index (κ1) is 22.0. The molecule has 152 valence electrons. The second kappa shape index (κ2) is 8.78. The quantitative estimate of drug-likeness (QED) is 0.762. The number of aryl methyl sites for hydroxylation is 4. The maximum Gasteiger partial charge on any atom is 0.241 e. The first-order valence-corrected chi connectivity index (χ1v) is 11.3. The van der Waals surface area contributed by atoms with E-state index < -0.39 is 10.0 Å². The molecule has 1 atom stereocenters. The molecule has 0 unspecified atom stereocenters. The Morgan fingerprint density at radius 3 is 2.21 bits per heavy atom. The summed E-state index contributed by atoms with van der Waals surface area (Å²) in [4.78, 5) is 12.7. The third-order valence-electron chi connectivity index (χ3n) is 5.01. The van der Waals surface area contributed by atoms with Crippen LogP contribution >= 0.6 is 0 Å². The molecule has 0 bridgehead atoms. The van der Waals surface area contributed by atoms with Crippen molar-refractivity contribution >= 4 is 21.6 Å². The highest BCUT2D eigenvalue weighted by molar-refractivity contribution is 7.92. The standard InChI is InChI=1S/C22H30N2O3S/c1-7-21(20-11-8-15(2)12-18(20)5)23-22(25)14-24(28(6,26)27)19-10-9-16(3)17(4)13-19/h8-13,21H,7,14H2,1-6H3,(H,23,25)/t21-/m1/s1. The SMILES string of the molecule is CC[C@@H](NC(=O)CN(c1ccc(C)c(C)c1)S(C)(=O)=O)c1ccc(C)cc1C. The maximum atomic E-state index is 12.7. The van der Waals surface area contributed by atoms with Gasteiger partial charge in [0.2, 0.25) is 15.9 Å². The molecule has 0 aliphatic heterocycles. The second-order valence-corrected chi connectivity index (χ2v) is 9.33. The Balaban J connectivity index is 2.24. The van der Waals surface area contributed by atoms with Crippen LogP contribution < -0.4 is 9.62 Å². The number of carbonyl (C=O) groups excluding carboxylic acids is 1. The van der Waals surface area contributed by atoms with Gasteiger partial charge in [-0.2, -0.15) is 0 Å². The van der Waals surface area contributed by atoms with Crippen LogP contribution in [-0.2, 0) is 14.8 Å². The van der Waals surface area contributed by atoms with Crippen LogP contribution in [0.1, 0.15) is 47.2 Å². The van der Waals surface area contributed by atoms with Gasteiger partial charge in [-0.1, -0.05) is 36.8 Å². The fourth-order valence-electron chi connectivity index (χ4n) is 3.27. The predicted octanol–water partition coefficient (Wildman–Crippen LogP) is 3.95. The first-order chi connectivity index (χ1) is 13.0. The molecule has 0 aromatic heterocycles. The Morgan fingerprint density at radius 2 is 1.68 bits per heavy atom. The molecule has 2 aromatic carbocycles. The highest BCUT2D eigenvalue weighted by Gasteiger charge is 2.23. The summed E-state index contributed by atoms with van der Waals surface area (Å²) in [6.07, 6.45) is 1.84. The molecule has 0 fully saturated rings. The van der Waals surface area contributed by atoms with Crippen LogP contribution in [0.2, 0.25) is 0 Å². The number of hydrogen-bond donors (Lipinski definition) is 1. The second-order valence-electron chi connectivity index (χ2n) is 7.43. The molecule has 2 rings (SSSR count). The molecule has 0 radical (unpaired) electrons. The Kier molecular flexibility index (Phi) is 6.88. The molecule has 0 saturated heterocycles. The van der Waals surface area contributed by atoms with Crippen LogP contribution in [0.3, 0.4) is 0 Å². The maximum absolute atomic E-state index is 12.7. The van der Waals surface area contributed by atoms with E-state index in [-0.39, 0.29) is 18.5 Å². The third kappa shape index (κ3) is 5.35. The molecule has 5 nitrogen and oxygen atoms in total. The zero-order valence-corrected chi connectivity index (χ0v) is 18.4. The van der Waals surface area contributed by atoms with E-state index in [1.165, 1.54) is 5.56 Å². The van der Waals surface area contributed by atoms with Gasteiger partial charge < -0.3 is 5.32 Å². The van der Waals surface area contributed by atoms with E-state index in [9.17, 15) is 13.2 Å². The van der Waals surface area contributed by atoms with Crippen molar-refractivity contribution in [2.75, 3.05) is 17.1 Å². The highest BCUT2D eigenvalue weighted by Crippen LogP contribution is 2.23. The number of carbonyl (C=O) groups is 1. The van der Waals surface area contributed by atoms with Crippen LogP contribution in [0.25, 0.3) is 0 Å². The fourth-order valence-corrected chi connectivity index (χ4v) is 4.12. The average Bonchev–Trinajstić information content (AvgIpc) is 2.59. The lowest BCUT2D eigenvalue weighted by atomic mass is 9.97. The molecule has 2 aromatic rings. The minimum atomic E-state index is -3.59. The third-order valence-corrected chi connectivity index (χ3v) is 6.15. The summed E-state index contributed by atoms with van der Waals surface area (Å²) in [6.45, 7) is 9.70. The number of nitrogens with zero attached hydrogens (tertiary/aromatic N) is 1. The van der Waals surface area contributed by atoms with Crippen molar-refractivity contribution < 1.29 is 13.2 Å². The van der Waals surface area contributed by atoms with Crippen molar-refractivity contribution in [1.82, 2.24) is 5.32 Å². The van der Waals surface area contributed by atoms with E-state index in [0.717, 1.165) is 39.2 Å². The van der Waals surface area contributed by atoms with Crippen LogP contribution in [0.4, 0.5) is 5.69 Å². The van der Waals surface area contributed by atoms with Gasteiger partial charge in [0.15, 0.2) is 0 Å². The zero-order valence-electron chi connectivity index (χ0n) is 17.5. The lowest BCUT2D eigenvalue weighted by Crippen LogP contribution is -2.41. The number of anilines is 1. The minimum absolute atomic E-state index is 0.158. The highest BCUT2D eigenvalue weighted by atomic mass is 32.2. The van der Waals surface area contributed by atoms with Gasteiger partial charge in [-0.15, -0.1) is 0 Å². The lowest BCUT2D eigenvalue weighted by molar-refractivity contribution is -0.120. The van der Waals surface area contributed by atoms with Crippen LogP contribution in [0.5, 0.6) is 0 Å². The van der Waals surface area contributed by atoms with Crippen LogP contribution in [0.15, 0.2) is 36.4 Å². The molecule has 0 spiro atoms. The Hall–Kier alpha value is -2.34. The molecule has 0 aliphatic rings. The zero-order chi connectivity index (χ0) is 21.1. The number of sulfonamides is 1. The predicted molar refractivity (Wildman–Crippen MR) is 115 cm³/mol. The van der Waals surface area contributed by atoms with E-state index in [1.54, 1.807) is 12.1 Å². The number of nitrogens with one attached hydrogen (secondary N) is 1. The van der Waals surface area contributed by atoms with E-state index in [1.807, 2.05) is 52.8 Å². The summed E-state index contributed by atoms with van der Waals surface area (Å²) in [6, 6.07) is 11.4. The summed E-state index contributed by atoms with van der Waals surface area (Å²) >= 11 is 0. The van der Waals surface area contributed by atoms with Gasteiger partial charge in [-0.25, -0.2) is 8.42 Å². The van der Waals surface area contributed by atoms with Crippen molar-refractivity contribution in [2.24, 2.45) is 0 Å². The smallest absolute Gasteiger partial charge is 0.241 e. The molecular formula is C22H30N2O3S. The largest absolute Gasteiger partial charge is 0.348 e. The van der Waals surface area contributed by atoms with Crippen molar-refractivity contribution in [3.63, 3.8) is 0 Å². The van der Waals surface area contributed by atoms with Crippen molar-refractivity contribution in [2.45, 2.75) is 47.1 Å². The summed E-state index contributed by atoms with van der Waals surface area (Å²) in [5.74, 6) is -0.324. The van der Waals surface area contributed by atoms with Gasteiger partial charge in [-0.3, -0.25) is 9.10 Å². The van der Waals surface area contributed by atoms with Crippen LogP contribution in [-0.4, -0.2) is 27.1 Å². The molecular weight excluding hydrogens is 372 g/mol. The fraction of sp³-hybridized carbons (Fsp3) is 0.409. The van der Waals surface area contributed by atoms with Crippen LogP contribution in [0, 0.1) is 27.7 Å². The van der Waals surface area contributed by atoms with Gasteiger partial charge >= 0.3 is 0 Å². The number of benzene rings is 2. The van der Waals surface area contributed by atoms with Gasteiger partial charge in [0.05, 0.1) is 18.0 Å². The van der Waals surface area contributed by atoms with E-state index in [2.05, 4.69) is 11.4 Å². The Bertz CT molecular complexity index is 968. The monoisotopic (exact) mass is 402 g/mol. The van der Waals surface area contributed by atoms with E-state index in [4.69, 9.17) is 0 Å². The normalized spacial score (nSPS) is 12.5. The summed E-state index contributed by atoms with van der Waals surface area (Å²) in [5, 5.41) is 3.00. The van der Waals surface area contributed by atoms with Gasteiger partial charge in [0, 0.05) is 0 Å². The molecule has 0 heterocycles. The topological polar surface area (TPSA) is 66.5 Å². The number of hydrogen-bond acceptors (Lipinski definition) is 3. The Labute approximate surface area is 168 Å². The lowest BCUT2D eigenvalue weighted by Gasteiger charge is -2.25. The minimum Gasteiger partial charge on any atom is -0.348 e. The van der Waals surface area contributed by atoms with Gasteiger partial charge in [0.1, 0.15) is 6.54 Å². The Morgan fingerprint density at radius 1 is 1.00 bits per heavy atom. The molecule has 0 saturated carbocycles. The molecule has 6 heteroatoms. The van der Waals surface area contributed by atoms with Crippen molar-refractivity contribution in [1.29, 1.82) is 0 Å². The summed E-state index contributed by atoms with van der Waals surface area (Å²) in [7, 11) is -3.59. The summed E-state index contributed by atoms with van der Waals surface area (Å²) in [5.41, 5.74) is 5.89. The van der Waals surface area contributed by atoms with E-state index in [0.29, 0.717) is 5.69 Å². The summed E-state index contributed by atoms with van der Waals surface area (Å²) < 4.78 is 25.8. The number of rotatable bonds is 7. The van der Waals surface area contributed by atoms with Gasteiger partial charge in [-0.05, 0) is 68.5 Å². The molecule has 28 heavy (non-hydrogen) atoms. The van der Waals surface area contributed by atoms with Gasteiger partial charge in [0.25, 0.3) is 0 Å². The number of amides is 1. The molecule has 1 amide bonds. The molecule has 0 aliphatic carbocycles. The van der Waals surface area contributed by atoms with E-state index >= 15 is 0 Å². The van der Waals surface area contributed by atoms with Crippen molar-refractivity contribution in [3.05, 3.63) is 64.2 Å². The molecule has 1 N–H and O–H groups in total.